The molecule has 0 aromatic heterocycles. The highest BCUT2D eigenvalue weighted by atomic mass is 16.6. The van der Waals surface area contributed by atoms with Crippen molar-refractivity contribution in [3.8, 4) is 0 Å². The van der Waals surface area contributed by atoms with Gasteiger partial charge in [0.2, 0.25) is 6.04 Å². The molecule has 1 N–H and O–H groups in total. The third-order valence-corrected chi connectivity index (χ3v) is 3.59. The molecule has 0 spiro atoms. The van der Waals surface area contributed by atoms with Crippen molar-refractivity contribution < 1.29 is 14.8 Å². The maximum absolute atomic E-state index is 11.1. The lowest BCUT2D eigenvalue weighted by Crippen LogP contribution is -2.32. The van der Waals surface area contributed by atoms with Crippen molar-refractivity contribution in [2.24, 2.45) is 0 Å². The molecule has 0 saturated heterocycles. The number of hydrogen-bond donors (Lipinski definition) is 1. The number of carbonyl (C=O) groups is 1. The molecular formula is C22H31NO4. The Kier molecular flexibility index (Phi) is 16.6. The second kappa shape index (κ2) is 18.3. The Hall–Kier alpha value is -2.53. The topological polar surface area (TPSA) is 80.4 Å². The summed E-state index contributed by atoms with van der Waals surface area (Å²) in [6, 6.07) is -0.991. The van der Waals surface area contributed by atoms with Gasteiger partial charge in [0.25, 0.3) is 0 Å². The highest BCUT2D eigenvalue weighted by molar-refractivity contribution is 5.49. The van der Waals surface area contributed by atoms with Crippen LogP contribution in [0, 0.1) is 10.1 Å². The van der Waals surface area contributed by atoms with Crippen LogP contribution in [0.15, 0.2) is 72.9 Å². The third kappa shape index (κ3) is 15.4. The Morgan fingerprint density at radius 3 is 2.15 bits per heavy atom. The largest absolute Gasteiger partial charge is 0.386 e. The van der Waals surface area contributed by atoms with Crippen LogP contribution in [0.4, 0.5) is 0 Å². The first-order valence-electron chi connectivity index (χ1n) is 9.33. The first kappa shape index (κ1) is 24.5. The zero-order chi connectivity index (χ0) is 20.2. The number of aldehydes is 1. The van der Waals surface area contributed by atoms with Gasteiger partial charge in [-0.2, -0.15) is 0 Å². The van der Waals surface area contributed by atoms with Gasteiger partial charge >= 0.3 is 0 Å². The summed E-state index contributed by atoms with van der Waals surface area (Å²) < 4.78 is 0. The van der Waals surface area contributed by atoms with Gasteiger partial charge in [0, 0.05) is 17.8 Å². The highest BCUT2D eigenvalue weighted by Crippen LogP contribution is 2.09. The first-order chi connectivity index (χ1) is 13.1. The molecule has 0 aliphatic rings. The second-order valence-electron chi connectivity index (χ2n) is 5.85. The van der Waals surface area contributed by atoms with Crippen molar-refractivity contribution in [2.75, 3.05) is 0 Å². The lowest BCUT2D eigenvalue weighted by Gasteiger charge is -2.12. The van der Waals surface area contributed by atoms with Crippen LogP contribution < -0.4 is 0 Å². The minimum absolute atomic E-state index is 0.193. The van der Waals surface area contributed by atoms with Gasteiger partial charge in [-0.1, -0.05) is 79.8 Å². The standard InChI is InChI=1S/C22H31NO4/c1-2-3-15-19-22(25)21(23(26)27)18-16-13-11-9-7-5-4-6-8-10-12-14-17-20-24/h3-7,9-13,15-16,20-22,25H,2,8,14,17-19H2,1H3/b6-4-,7-5-,11-9-,12-10-,15-3-,16-13-. The van der Waals surface area contributed by atoms with Gasteiger partial charge in [0.05, 0.1) is 0 Å². The van der Waals surface area contributed by atoms with E-state index in [1.54, 1.807) is 24.3 Å². The van der Waals surface area contributed by atoms with Crippen LogP contribution in [0.2, 0.25) is 0 Å². The molecule has 0 aromatic rings. The van der Waals surface area contributed by atoms with Gasteiger partial charge in [0.15, 0.2) is 0 Å². The van der Waals surface area contributed by atoms with E-state index < -0.39 is 17.1 Å². The summed E-state index contributed by atoms with van der Waals surface area (Å²) in [5.41, 5.74) is 0. The van der Waals surface area contributed by atoms with Crippen LogP contribution in [0.5, 0.6) is 0 Å². The molecule has 0 radical (unpaired) electrons. The predicted octanol–water partition coefficient (Wildman–Crippen LogP) is 4.89. The van der Waals surface area contributed by atoms with Crippen molar-refractivity contribution in [3.05, 3.63) is 83.0 Å². The zero-order valence-electron chi connectivity index (χ0n) is 16.0. The van der Waals surface area contributed by atoms with Crippen LogP contribution in [0.1, 0.15) is 45.4 Å². The fraction of sp³-hybridized carbons (Fsp3) is 0.409. The quantitative estimate of drug-likeness (QED) is 0.111. The number of unbranched alkanes of at least 4 members (excludes halogenated alkanes) is 1. The fourth-order valence-electron chi connectivity index (χ4n) is 2.11. The lowest BCUT2D eigenvalue weighted by molar-refractivity contribution is -0.533. The number of carbonyl (C=O) groups excluding carboxylic acids is 1. The van der Waals surface area contributed by atoms with Crippen LogP contribution in [-0.2, 0) is 4.79 Å². The van der Waals surface area contributed by atoms with E-state index in [1.165, 1.54) is 0 Å². The summed E-state index contributed by atoms with van der Waals surface area (Å²) in [7, 11) is 0. The normalized spacial score (nSPS) is 15.2. The van der Waals surface area contributed by atoms with Gasteiger partial charge in [-0.05, 0) is 25.7 Å². The van der Waals surface area contributed by atoms with Crippen LogP contribution in [0.25, 0.3) is 0 Å². The van der Waals surface area contributed by atoms with Crippen molar-refractivity contribution in [1.29, 1.82) is 0 Å². The summed E-state index contributed by atoms with van der Waals surface area (Å²) in [5.74, 6) is 0. The van der Waals surface area contributed by atoms with E-state index in [4.69, 9.17) is 0 Å². The molecule has 0 heterocycles. The Morgan fingerprint density at radius 1 is 0.852 bits per heavy atom. The maximum Gasteiger partial charge on any atom is 0.242 e. The average molecular weight is 373 g/mol. The first-order valence-corrected chi connectivity index (χ1v) is 9.33. The number of nitrogens with zero attached hydrogens (tertiary/aromatic N) is 1. The predicted molar refractivity (Wildman–Crippen MR) is 111 cm³/mol. The SMILES string of the molecule is CC/C=C\CC(O)C(C\C=C/C=C\C=C/C=C\C/C=C\CCC=O)[N+](=O)[O-]. The van der Waals surface area contributed by atoms with Gasteiger partial charge < -0.3 is 9.90 Å². The minimum atomic E-state index is -0.991. The van der Waals surface area contributed by atoms with E-state index >= 15 is 0 Å². The number of nitro groups is 1. The number of aliphatic hydroxyl groups excluding tert-OH is 1. The van der Waals surface area contributed by atoms with E-state index in [1.807, 2.05) is 55.5 Å². The number of rotatable bonds is 15. The molecule has 0 aromatic carbocycles. The third-order valence-electron chi connectivity index (χ3n) is 3.59. The minimum Gasteiger partial charge on any atom is -0.386 e. The van der Waals surface area contributed by atoms with Crippen LogP contribution in [0.3, 0.4) is 0 Å². The summed E-state index contributed by atoms with van der Waals surface area (Å²) in [6.07, 6.45) is 25.9. The molecule has 0 aliphatic carbocycles. The molecule has 0 fully saturated rings. The van der Waals surface area contributed by atoms with Gasteiger partial charge in [-0.25, -0.2) is 0 Å². The van der Waals surface area contributed by atoms with Crippen molar-refractivity contribution in [3.63, 3.8) is 0 Å². The zero-order valence-corrected chi connectivity index (χ0v) is 16.0. The fourth-order valence-corrected chi connectivity index (χ4v) is 2.11. The van der Waals surface area contributed by atoms with Gasteiger partial charge in [-0.15, -0.1) is 0 Å². The molecule has 0 aliphatic heterocycles. The number of allylic oxidation sites excluding steroid dienone is 10. The van der Waals surface area contributed by atoms with Crippen molar-refractivity contribution in [2.45, 2.75) is 57.6 Å². The maximum atomic E-state index is 11.1. The van der Waals surface area contributed by atoms with E-state index in [2.05, 4.69) is 0 Å². The summed E-state index contributed by atoms with van der Waals surface area (Å²) >= 11 is 0. The molecule has 0 amide bonds. The van der Waals surface area contributed by atoms with E-state index in [0.717, 1.165) is 25.5 Å². The number of aliphatic hydroxyl groups is 1. The lowest BCUT2D eigenvalue weighted by atomic mass is 10.0. The molecule has 0 rings (SSSR count). The Labute approximate surface area is 162 Å². The average Bonchev–Trinajstić information content (AvgIpc) is 2.64. The van der Waals surface area contributed by atoms with E-state index in [-0.39, 0.29) is 6.42 Å². The molecule has 0 saturated carbocycles. The van der Waals surface area contributed by atoms with Gasteiger partial charge in [0.1, 0.15) is 12.4 Å². The van der Waals surface area contributed by atoms with Crippen LogP contribution >= 0.6 is 0 Å². The molecule has 27 heavy (non-hydrogen) atoms. The molecule has 0 bridgehead atoms. The molecule has 148 valence electrons. The molecule has 2 atom stereocenters. The molecule has 5 heteroatoms. The molecule has 2 unspecified atom stereocenters. The highest BCUT2D eigenvalue weighted by Gasteiger charge is 2.27. The Morgan fingerprint density at radius 2 is 1.52 bits per heavy atom. The van der Waals surface area contributed by atoms with Crippen molar-refractivity contribution in [1.82, 2.24) is 0 Å². The second-order valence-corrected chi connectivity index (χ2v) is 5.85. The molecule has 5 nitrogen and oxygen atoms in total. The summed E-state index contributed by atoms with van der Waals surface area (Å²) in [6.45, 7) is 1.97. The monoisotopic (exact) mass is 373 g/mol. The van der Waals surface area contributed by atoms with E-state index in [0.29, 0.717) is 12.8 Å². The Bertz CT molecular complexity index is 571. The van der Waals surface area contributed by atoms with E-state index in [9.17, 15) is 20.0 Å². The smallest absolute Gasteiger partial charge is 0.242 e. The Balaban J connectivity index is 4.15. The van der Waals surface area contributed by atoms with Crippen LogP contribution in [-0.4, -0.2) is 28.5 Å². The summed E-state index contributed by atoms with van der Waals surface area (Å²) in [5, 5.41) is 21.0. The summed E-state index contributed by atoms with van der Waals surface area (Å²) in [4.78, 5) is 20.8. The molecular weight excluding hydrogens is 342 g/mol. The van der Waals surface area contributed by atoms with Gasteiger partial charge in [-0.3, -0.25) is 10.1 Å². The van der Waals surface area contributed by atoms with Crippen molar-refractivity contribution >= 4 is 6.29 Å². The number of hydrogen-bond acceptors (Lipinski definition) is 4.